The van der Waals surface area contributed by atoms with Crippen molar-refractivity contribution in [1.82, 2.24) is 0 Å². The summed E-state index contributed by atoms with van der Waals surface area (Å²) < 4.78 is 0. The fourth-order valence-electron chi connectivity index (χ4n) is 2.55. The molecule has 0 spiro atoms. The Morgan fingerprint density at radius 1 is 1.10 bits per heavy atom. The average molecular weight is 290 g/mol. The normalized spacial score (nSPS) is 14.2. The van der Waals surface area contributed by atoms with Crippen molar-refractivity contribution in [2.45, 2.75) is 64.8 Å². The predicted molar refractivity (Wildman–Crippen MR) is 95.1 cm³/mol. The van der Waals surface area contributed by atoms with Crippen molar-refractivity contribution in [3.8, 4) is 0 Å². The van der Waals surface area contributed by atoms with Crippen LogP contribution < -0.4 is 5.32 Å². The Labute approximate surface area is 126 Å². The van der Waals surface area contributed by atoms with Crippen molar-refractivity contribution in [2.24, 2.45) is 0 Å². The van der Waals surface area contributed by atoms with Crippen LogP contribution in [-0.2, 0) is 0 Å². The molecule has 0 aliphatic rings. The number of allylic oxidation sites excluding steroid dienone is 1. The Bertz CT molecular complexity index is 403. The van der Waals surface area contributed by atoms with Gasteiger partial charge in [-0.2, -0.15) is 0 Å². The van der Waals surface area contributed by atoms with E-state index in [4.69, 9.17) is 0 Å². The van der Waals surface area contributed by atoms with Crippen molar-refractivity contribution in [3.05, 3.63) is 42.0 Å². The lowest BCUT2D eigenvalue weighted by Gasteiger charge is -2.33. The summed E-state index contributed by atoms with van der Waals surface area (Å²) in [5, 5.41) is 3.81. The Balaban J connectivity index is 2.98. The van der Waals surface area contributed by atoms with Gasteiger partial charge in [-0.25, -0.2) is 0 Å². The second-order valence-corrected chi connectivity index (χ2v) is 11.9. The number of anilines is 1. The molecular weight excluding hydrogens is 258 g/mol. The highest BCUT2D eigenvalue weighted by Gasteiger charge is 2.29. The van der Waals surface area contributed by atoms with Gasteiger partial charge in [0.1, 0.15) is 0 Å². The van der Waals surface area contributed by atoms with Crippen molar-refractivity contribution in [3.63, 3.8) is 0 Å². The number of para-hydroxylation sites is 1. The molecule has 1 rings (SSSR count). The molecule has 1 aromatic rings. The molecule has 0 aromatic heterocycles. The molecule has 1 nitrogen and oxygen atoms in total. The van der Waals surface area contributed by atoms with E-state index in [1.165, 1.54) is 31.4 Å². The SMILES string of the molecule is CCCC=C(CCC)C(Nc1ccccc1)[Si](C)(C)C. The highest BCUT2D eigenvalue weighted by Crippen LogP contribution is 2.25. The Morgan fingerprint density at radius 2 is 1.75 bits per heavy atom. The summed E-state index contributed by atoms with van der Waals surface area (Å²) in [4.78, 5) is 0. The first-order chi connectivity index (χ1) is 9.49. The average Bonchev–Trinajstić information content (AvgIpc) is 2.41. The van der Waals surface area contributed by atoms with Crippen LogP contribution in [0.3, 0.4) is 0 Å². The van der Waals surface area contributed by atoms with E-state index < -0.39 is 8.07 Å². The molecular formula is C18H31NSi. The molecule has 1 N–H and O–H groups in total. The second kappa shape index (κ2) is 8.31. The largest absolute Gasteiger partial charge is 0.381 e. The summed E-state index contributed by atoms with van der Waals surface area (Å²) in [5.41, 5.74) is 3.41. The van der Waals surface area contributed by atoms with E-state index in [0.717, 1.165) is 0 Å². The highest BCUT2D eigenvalue weighted by atomic mass is 28.3. The van der Waals surface area contributed by atoms with E-state index in [0.29, 0.717) is 5.67 Å². The van der Waals surface area contributed by atoms with Gasteiger partial charge in [0.05, 0.1) is 8.07 Å². The lowest BCUT2D eigenvalue weighted by atomic mass is 10.1. The number of rotatable bonds is 8. The third kappa shape index (κ3) is 5.54. The molecule has 20 heavy (non-hydrogen) atoms. The fraction of sp³-hybridized carbons (Fsp3) is 0.556. The monoisotopic (exact) mass is 289 g/mol. The maximum absolute atomic E-state index is 3.81. The zero-order chi connectivity index (χ0) is 15.0. The molecule has 0 radical (unpaired) electrons. The second-order valence-electron chi connectivity index (χ2n) is 6.63. The Kier molecular flexibility index (Phi) is 7.07. The van der Waals surface area contributed by atoms with Gasteiger partial charge in [-0.1, -0.05) is 76.2 Å². The van der Waals surface area contributed by atoms with E-state index in [2.05, 4.69) is 75.2 Å². The van der Waals surface area contributed by atoms with Gasteiger partial charge in [-0.15, -0.1) is 0 Å². The van der Waals surface area contributed by atoms with Crippen LogP contribution in [0.5, 0.6) is 0 Å². The molecule has 0 saturated heterocycles. The Hall–Kier alpha value is -1.02. The standard InChI is InChI=1S/C18H31NSi/c1-6-8-13-16(12-7-2)18(20(3,4)5)19-17-14-10-9-11-15-17/h9-11,13-15,18-19H,6-8,12H2,1-5H3. The van der Waals surface area contributed by atoms with Gasteiger partial charge in [0, 0.05) is 11.4 Å². The van der Waals surface area contributed by atoms with Gasteiger partial charge in [-0.05, 0) is 25.0 Å². The van der Waals surface area contributed by atoms with Gasteiger partial charge in [0.15, 0.2) is 0 Å². The number of nitrogens with one attached hydrogen (secondary N) is 1. The zero-order valence-corrected chi connectivity index (χ0v) is 14.9. The minimum absolute atomic E-state index is 0.538. The molecule has 0 saturated carbocycles. The molecule has 2 heteroatoms. The molecule has 1 unspecified atom stereocenters. The summed E-state index contributed by atoms with van der Waals surface area (Å²) in [5.74, 6) is 0. The maximum atomic E-state index is 3.81. The van der Waals surface area contributed by atoms with Crippen LogP contribution in [0.4, 0.5) is 5.69 Å². The van der Waals surface area contributed by atoms with Crippen molar-refractivity contribution in [1.29, 1.82) is 0 Å². The van der Waals surface area contributed by atoms with E-state index >= 15 is 0 Å². The van der Waals surface area contributed by atoms with Crippen LogP contribution in [0.15, 0.2) is 42.0 Å². The van der Waals surface area contributed by atoms with Crippen LogP contribution in [0.1, 0.15) is 39.5 Å². The van der Waals surface area contributed by atoms with Gasteiger partial charge in [-0.3, -0.25) is 0 Å². The number of hydrogen-bond acceptors (Lipinski definition) is 1. The summed E-state index contributed by atoms with van der Waals surface area (Å²) in [6.07, 6.45) is 7.37. The van der Waals surface area contributed by atoms with E-state index in [9.17, 15) is 0 Å². The third-order valence-electron chi connectivity index (χ3n) is 3.56. The van der Waals surface area contributed by atoms with Gasteiger partial charge >= 0.3 is 0 Å². The zero-order valence-electron chi connectivity index (χ0n) is 13.9. The van der Waals surface area contributed by atoms with Crippen molar-refractivity contribution < 1.29 is 0 Å². The van der Waals surface area contributed by atoms with Crippen LogP contribution in [0.25, 0.3) is 0 Å². The third-order valence-corrected chi connectivity index (χ3v) is 5.80. The Morgan fingerprint density at radius 3 is 2.25 bits per heavy atom. The topological polar surface area (TPSA) is 12.0 Å². The smallest absolute Gasteiger partial charge is 0.0754 e. The van der Waals surface area contributed by atoms with Crippen LogP contribution in [-0.4, -0.2) is 13.7 Å². The van der Waals surface area contributed by atoms with Crippen molar-refractivity contribution in [2.75, 3.05) is 5.32 Å². The molecule has 0 aliphatic carbocycles. The van der Waals surface area contributed by atoms with E-state index in [-0.39, 0.29) is 0 Å². The molecule has 0 fully saturated rings. The first kappa shape index (κ1) is 17.0. The quantitative estimate of drug-likeness (QED) is 0.466. The van der Waals surface area contributed by atoms with E-state index in [1.54, 1.807) is 5.57 Å². The fourth-order valence-corrected chi connectivity index (χ4v) is 4.52. The number of benzene rings is 1. The summed E-state index contributed by atoms with van der Waals surface area (Å²) in [6, 6.07) is 10.7. The first-order valence-electron chi connectivity index (χ1n) is 7.99. The van der Waals surface area contributed by atoms with E-state index in [1.807, 2.05) is 0 Å². The lowest BCUT2D eigenvalue weighted by Crippen LogP contribution is -2.45. The lowest BCUT2D eigenvalue weighted by molar-refractivity contribution is 0.831. The molecule has 112 valence electrons. The maximum Gasteiger partial charge on any atom is 0.0754 e. The van der Waals surface area contributed by atoms with Gasteiger partial charge in [0.2, 0.25) is 0 Å². The molecule has 0 heterocycles. The highest BCUT2D eigenvalue weighted by molar-refractivity contribution is 6.78. The molecule has 0 aliphatic heterocycles. The van der Waals surface area contributed by atoms with Gasteiger partial charge in [0.25, 0.3) is 0 Å². The minimum atomic E-state index is -1.30. The molecule has 1 atom stereocenters. The summed E-state index contributed by atoms with van der Waals surface area (Å²) in [7, 11) is -1.30. The molecule has 1 aromatic carbocycles. The number of hydrogen-bond donors (Lipinski definition) is 1. The number of unbranched alkanes of at least 4 members (excludes halogenated alkanes) is 1. The minimum Gasteiger partial charge on any atom is -0.381 e. The summed E-state index contributed by atoms with van der Waals surface area (Å²) >= 11 is 0. The molecule has 0 amide bonds. The first-order valence-corrected chi connectivity index (χ1v) is 11.6. The van der Waals surface area contributed by atoms with Crippen LogP contribution in [0, 0.1) is 0 Å². The predicted octanol–water partition coefficient (Wildman–Crippen LogP) is 5.87. The van der Waals surface area contributed by atoms with Crippen LogP contribution in [0.2, 0.25) is 19.6 Å². The van der Waals surface area contributed by atoms with Gasteiger partial charge < -0.3 is 5.32 Å². The molecule has 0 bridgehead atoms. The van der Waals surface area contributed by atoms with Crippen LogP contribution >= 0.6 is 0 Å². The van der Waals surface area contributed by atoms with Crippen molar-refractivity contribution >= 4 is 13.8 Å². The summed E-state index contributed by atoms with van der Waals surface area (Å²) in [6.45, 7) is 11.9.